The van der Waals surface area contributed by atoms with Gasteiger partial charge in [-0.1, -0.05) is 42.5 Å². The van der Waals surface area contributed by atoms with Crippen molar-refractivity contribution in [3.8, 4) is 0 Å². The molecule has 25 heavy (non-hydrogen) atoms. The van der Waals surface area contributed by atoms with Gasteiger partial charge in [-0.3, -0.25) is 4.79 Å². The topological polar surface area (TPSA) is 75.3 Å². The molecule has 2 rings (SSSR count). The average molecular weight is 383 g/mol. The van der Waals surface area contributed by atoms with Crippen LogP contribution in [-0.4, -0.2) is 34.2 Å². The summed E-state index contributed by atoms with van der Waals surface area (Å²) in [6.07, 6.45) is 1.53. The Morgan fingerprint density at radius 2 is 1.68 bits per heavy atom. The van der Waals surface area contributed by atoms with E-state index in [0.717, 1.165) is 11.1 Å². The van der Waals surface area contributed by atoms with Crippen molar-refractivity contribution in [3.05, 3.63) is 65.7 Å². The second-order valence-corrected chi connectivity index (χ2v) is 7.63. The number of carbonyl (C=O) groups is 1. The predicted octanol–water partition coefficient (Wildman–Crippen LogP) is 2.33. The molecule has 2 N–H and O–H groups in total. The Bertz CT molecular complexity index is 795. The van der Waals surface area contributed by atoms with Gasteiger partial charge >= 0.3 is 0 Å². The Hall–Kier alpha value is -1.89. The van der Waals surface area contributed by atoms with Crippen molar-refractivity contribution in [2.75, 3.05) is 19.8 Å². The zero-order valence-electron chi connectivity index (χ0n) is 14.2. The number of sulfone groups is 1. The first-order valence-corrected chi connectivity index (χ1v) is 9.60. The molecular weight excluding hydrogens is 360 g/mol. The van der Waals surface area contributed by atoms with Gasteiger partial charge in [-0.25, -0.2) is 8.42 Å². The molecule has 0 bridgehead atoms. The number of rotatable bonds is 7. The summed E-state index contributed by atoms with van der Waals surface area (Å²) < 4.78 is 23.6. The highest BCUT2D eigenvalue weighted by Gasteiger charge is 2.18. The molecule has 0 heterocycles. The summed E-state index contributed by atoms with van der Waals surface area (Å²) in [5.74, 6) is -0.0945. The summed E-state index contributed by atoms with van der Waals surface area (Å²) in [4.78, 5) is 12.4. The number of benzene rings is 2. The summed E-state index contributed by atoms with van der Waals surface area (Å²) in [5.41, 5.74) is 1.64. The zero-order chi connectivity index (χ0) is 17.6. The number of carbonyl (C=O) groups excluding carboxylic acids is 1. The minimum absolute atomic E-state index is 0. The van der Waals surface area contributed by atoms with Crippen LogP contribution in [0.4, 0.5) is 0 Å². The Morgan fingerprint density at radius 3 is 2.28 bits per heavy atom. The fourth-order valence-corrected chi connectivity index (χ4v) is 3.08. The summed E-state index contributed by atoms with van der Waals surface area (Å²) >= 11 is 0. The maximum absolute atomic E-state index is 12.2. The van der Waals surface area contributed by atoms with Gasteiger partial charge < -0.3 is 10.6 Å². The number of hydrogen-bond acceptors (Lipinski definition) is 4. The lowest BCUT2D eigenvalue weighted by Crippen LogP contribution is -2.31. The average Bonchev–Trinajstić information content (AvgIpc) is 2.58. The normalized spacial score (nSPS) is 12.1. The van der Waals surface area contributed by atoms with Gasteiger partial charge in [0.15, 0.2) is 9.84 Å². The largest absolute Gasteiger partial charge is 0.345 e. The van der Waals surface area contributed by atoms with Crippen molar-refractivity contribution >= 4 is 28.2 Å². The summed E-state index contributed by atoms with van der Waals surface area (Å²) in [6.45, 7) is 0.580. The van der Waals surface area contributed by atoms with Crippen LogP contribution in [0.15, 0.2) is 59.5 Å². The zero-order valence-corrected chi connectivity index (χ0v) is 15.9. The third kappa shape index (κ3) is 6.16. The van der Waals surface area contributed by atoms with Crippen LogP contribution in [0.1, 0.15) is 23.6 Å². The van der Waals surface area contributed by atoms with E-state index >= 15 is 0 Å². The second-order valence-electron chi connectivity index (χ2n) is 5.61. The minimum Gasteiger partial charge on any atom is -0.345 e. The van der Waals surface area contributed by atoms with Crippen LogP contribution in [0.5, 0.6) is 0 Å². The van der Waals surface area contributed by atoms with Crippen molar-refractivity contribution in [3.63, 3.8) is 0 Å². The lowest BCUT2D eigenvalue weighted by atomic mass is 9.98. The fourth-order valence-electron chi connectivity index (χ4n) is 2.40. The summed E-state index contributed by atoms with van der Waals surface area (Å²) in [5, 5.41) is 5.93. The molecule has 136 valence electrons. The van der Waals surface area contributed by atoms with Gasteiger partial charge in [0, 0.05) is 19.2 Å². The van der Waals surface area contributed by atoms with E-state index < -0.39 is 15.9 Å². The monoisotopic (exact) mass is 382 g/mol. The number of amides is 1. The predicted molar refractivity (Wildman–Crippen MR) is 102 cm³/mol. The molecule has 7 heteroatoms. The highest BCUT2D eigenvalue weighted by atomic mass is 35.5. The van der Waals surface area contributed by atoms with Gasteiger partial charge in [-0.05, 0) is 30.3 Å². The molecule has 0 saturated heterocycles. The smallest absolute Gasteiger partial charge is 0.222 e. The Kier molecular flexibility index (Phi) is 8.09. The maximum atomic E-state index is 12.2. The van der Waals surface area contributed by atoms with E-state index in [9.17, 15) is 13.2 Å². The van der Waals surface area contributed by atoms with Crippen molar-refractivity contribution in [1.82, 2.24) is 10.6 Å². The van der Waals surface area contributed by atoms with E-state index in [0.29, 0.717) is 13.0 Å². The fraction of sp³-hybridized carbons (Fsp3) is 0.278. The van der Waals surface area contributed by atoms with Crippen molar-refractivity contribution in [2.24, 2.45) is 0 Å². The lowest BCUT2D eigenvalue weighted by molar-refractivity contribution is -0.121. The molecular formula is C18H23ClN2O3S. The van der Waals surface area contributed by atoms with Crippen LogP contribution in [0, 0.1) is 0 Å². The molecule has 0 fully saturated rings. The quantitative estimate of drug-likeness (QED) is 0.770. The molecule has 0 saturated carbocycles. The maximum Gasteiger partial charge on any atom is 0.222 e. The van der Waals surface area contributed by atoms with Crippen LogP contribution in [-0.2, 0) is 14.6 Å². The molecule has 1 amide bonds. The van der Waals surface area contributed by atoms with Crippen LogP contribution >= 0.6 is 12.4 Å². The van der Waals surface area contributed by atoms with E-state index in [4.69, 9.17) is 0 Å². The summed E-state index contributed by atoms with van der Waals surface area (Å²) in [6, 6.07) is 15.8. The van der Waals surface area contributed by atoms with Gasteiger partial charge in [-0.15, -0.1) is 12.4 Å². The van der Waals surface area contributed by atoms with E-state index in [1.165, 1.54) is 6.26 Å². The van der Waals surface area contributed by atoms with Crippen molar-refractivity contribution < 1.29 is 13.2 Å². The molecule has 2 aromatic rings. The first kappa shape index (κ1) is 21.2. The SMILES string of the molecule is CNCCC(=O)NC(c1ccccc1)c1cccc(S(C)(=O)=O)c1.Cl. The van der Waals surface area contributed by atoms with Gasteiger partial charge in [-0.2, -0.15) is 0 Å². The first-order valence-electron chi connectivity index (χ1n) is 7.71. The summed E-state index contributed by atoms with van der Waals surface area (Å²) in [7, 11) is -1.52. The third-order valence-electron chi connectivity index (χ3n) is 3.66. The molecule has 1 atom stereocenters. The molecule has 0 aliphatic carbocycles. The molecule has 0 radical (unpaired) electrons. The van der Waals surface area contributed by atoms with Crippen LogP contribution in [0.25, 0.3) is 0 Å². The standard InChI is InChI=1S/C18H22N2O3S.ClH/c1-19-12-11-17(21)20-18(14-7-4-3-5-8-14)15-9-6-10-16(13-15)24(2,22)23;/h3-10,13,18-19H,11-12H2,1-2H3,(H,20,21);1H. The van der Waals surface area contributed by atoms with Gasteiger partial charge in [0.1, 0.15) is 0 Å². The van der Waals surface area contributed by atoms with Crippen LogP contribution < -0.4 is 10.6 Å². The van der Waals surface area contributed by atoms with Gasteiger partial charge in [0.25, 0.3) is 0 Å². The molecule has 0 spiro atoms. The Balaban J connectivity index is 0.00000312. The molecule has 1 unspecified atom stereocenters. The number of halogens is 1. The highest BCUT2D eigenvalue weighted by Crippen LogP contribution is 2.24. The van der Waals surface area contributed by atoms with Crippen molar-refractivity contribution in [2.45, 2.75) is 17.4 Å². The second kappa shape index (κ2) is 9.56. The Morgan fingerprint density at radius 1 is 1.04 bits per heavy atom. The minimum atomic E-state index is -3.31. The van der Waals surface area contributed by atoms with Gasteiger partial charge in [0.05, 0.1) is 10.9 Å². The van der Waals surface area contributed by atoms with Crippen LogP contribution in [0.2, 0.25) is 0 Å². The van der Waals surface area contributed by atoms with Crippen LogP contribution in [0.3, 0.4) is 0 Å². The van der Waals surface area contributed by atoms with E-state index in [1.54, 1.807) is 25.2 Å². The third-order valence-corrected chi connectivity index (χ3v) is 4.77. The molecule has 0 aliphatic rings. The molecule has 0 aliphatic heterocycles. The number of hydrogen-bond donors (Lipinski definition) is 2. The molecule has 5 nitrogen and oxygen atoms in total. The van der Waals surface area contributed by atoms with Gasteiger partial charge in [0.2, 0.25) is 5.91 Å². The molecule has 2 aromatic carbocycles. The van der Waals surface area contributed by atoms with E-state index in [2.05, 4.69) is 10.6 Å². The van der Waals surface area contributed by atoms with E-state index in [1.807, 2.05) is 36.4 Å². The highest BCUT2D eigenvalue weighted by molar-refractivity contribution is 7.90. The lowest BCUT2D eigenvalue weighted by Gasteiger charge is -2.20. The van der Waals surface area contributed by atoms with E-state index in [-0.39, 0.29) is 23.2 Å². The molecule has 0 aromatic heterocycles. The number of nitrogens with one attached hydrogen (secondary N) is 2. The first-order chi connectivity index (χ1) is 11.4. The Labute approximate surface area is 155 Å². The van der Waals surface area contributed by atoms with Crippen molar-refractivity contribution in [1.29, 1.82) is 0 Å².